The number of alkyl carbamates (subject to hydrolysis) is 1. The number of likely N-dealkylation sites (tertiary alicyclic amines) is 1. The predicted octanol–water partition coefficient (Wildman–Crippen LogP) is -0.190. The van der Waals surface area contributed by atoms with E-state index in [0.29, 0.717) is 19.3 Å². The summed E-state index contributed by atoms with van der Waals surface area (Å²) >= 11 is 0. The number of rotatable bonds is 4. The maximum Gasteiger partial charge on any atom is 0.407 e. The van der Waals surface area contributed by atoms with Gasteiger partial charge in [0.25, 0.3) is 0 Å². The summed E-state index contributed by atoms with van der Waals surface area (Å²) in [6.07, 6.45) is 5.68. The van der Waals surface area contributed by atoms with Gasteiger partial charge < -0.3 is 20.1 Å². The van der Waals surface area contributed by atoms with Crippen molar-refractivity contribution >= 4 is 18.0 Å². The molecule has 0 radical (unpaired) electrons. The Morgan fingerprint density at radius 2 is 2.16 bits per heavy atom. The van der Waals surface area contributed by atoms with E-state index in [1.165, 1.54) is 12.0 Å². The molecule has 2 amide bonds. The third-order valence-corrected chi connectivity index (χ3v) is 3.00. The number of hydrogen-bond acceptors (Lipinski definition) is 4. The highest BCUT2D eigenvalue weighted by Gasteiger charge is 2.40. The number of amides is 2. The number of methoxy groups -OCH3 is 1. The predicted molar refractivity (Wildman–Crippen MR) is 65.1 cm³/mol. The molecule has 0 aromatic carbocycles. The minimum atomic E-state index is -1.06. The van der Waals surface area contributed by atoms with Crippen LogP contribution in [0.2, 0.25) is 0 Å². The smallest absolute Gasteiger partial charge is 0.407 e. The van der Waals surface area contributed by atoms with Crippen molar-refractivity contribution in [2.75, 3.05) is 13.7 Å². The molecule has 19 heavy (non-hydrogen) atoms. The molecule has 1 heterocycles. The fourth-order valence-corrected chi connectivity index (χ4v) is 2.15. The van der Waals surface area contributed by atoms with Gasteiger partial charge in [-0.15, -0.1) is 12.3 Å². The van der Waals surface area contributed by atoms with E-state index in [9.17, 15) is 14.4 Å². The number of aliphatic carboxylic acids is 1. The number of nitrogens with zero attached hydrogens (tertiary/aromatic N) is 1. The topological polar surface area (TPSA) is 95.9 Å². The quantitative estimate of drug-likeness (QED) is 0.689. The van der Waals surface area contributed by atoms with Crippen LogP contribution in [0.15, 0.2) is 0 Å². The van der Waals surface area contributed by atoms with Crippen LogP contribution in [0.1, 0.15) is 19.3 Å². The Morgan fingerprint density at radius 1 is 1.47 bits per heavy atom. The number of carboxylic acid groups (broad SMARTS) is 1. The van der Waals surface area contributed by atoms with Gasteiger partial charge in [0.05, 0.1) is 7.11 Å². The van der Waals surface area contributed by atoms with Crippen molar-refractivity contribution in [2.24, 2.45) is 0 Å². The number of carbonyl (C=O) groups excluding carboxylic acids is 2. The molecule has 1 rings (SSSR count). The Bertz CT molecular complexity index is 415. The van der Waals surface area contributed by atoms with Gasteiger partial charge in [-0.2, -0.15) is 0 Å². The molecule has 7 nitrogen and oxygen atoms in total. The van der Waals surface area contributed by atoms with E-state index < -0.39 is 24.0 Å². The lowest BCUT2D eigenvalue weighted by molar-refractivity contribution is -0.149. The highest BCUT2D eigenvalue weighted by atomic mass is 16.5. The van der Waals surface area contributed by atoms with Crippen molar-refractivity contribution in [2.45, 2.75) is 31.3 Å². The van der Waals surface area contributed by atoms with Crippen molar-refractivity contribution in [1.82, 2.24) is 10.2 Å². The van der Waals surface area contributed by atoms with Gasteiger partial charge >= 0.3 is 12.1 Å². The number of carbonyl (C=O) groups is 3. The first kappa shape index (κ1) is 14.8. The molecule has 1 aliphatic heterocycles. The molecular weight excluding hydrogens is 252 g/mol. The van der Waals surface area contributed by atoms with Gasteiger partial charge in [0.1, 0.15) is 12.6 Å². The van der Waals surface area contributed by atoms with Gasteiger partial charge in [0.15, 0.2) is 0 Å². The molecule has 0 aromatic rings. The summed E-state index contributed by atoms with van der Waals surface area (Å²) in [5.41, 5.74) is 0. The Kier molecular flexibility index (Phi) is 5.18. The van der Waals surface area contributed by atoms with Crippen LogP contribution in [0.4, 0.5) is 4.79 Å². The van der Waals surface area contributed by atoms with Crippen molar-refractivity contribution in [3.05, 3.63) is 0 Å². The normalized spacial score (nSPS) is 21.6. The highest BCUT2D eigenvalue weighted by molar-refractivity contribution is 5.87. The fourth-order valence-electron chi connectivity index (χ4n) is 2.15. The highest BCUT2D eigenvalue weighted by Crippen LogP contribution is 2.26. The SMILES string of the molecule is C#CC[C@H]1CC[C@@H](C(=O)O)N1C(=O)CNC(=O)OC. The molecule has 7 heteroatoms. The third-order valence-electron chi connectivity index (χ3n) is 3.00. The fraction of sp³-hybridized carbons (Fsp3) is 0.583. The molecule has 2 N–H and O–H groups in total. The second-order valence-electron chi connectivity index (χ2n) is 4.14. The number of hydrogen-bond donors (Lipinski definition) is 2. The number of terminal acetylenes is 1. The number of nitrogens with one attached hydrogen (secondary N) is 1. The zero-order chi connectivity index (χ0) is 14.4. The molecule has 1 saturated heterocycles. The minimum Gasteiger partial charge on any atom is -0.480 e. The molecule has 0 aliphatic carbocycles. The molecular formula is C12H16N2O5. The van der Waals surface area contributed by atoms with Crippen molar-refractivity contribution in [1.29, 1.82) is 0 Å². The lowest BCUT2D eigenvalue weighted by Crippen LogP contribution is -2.48. The van der Waals surface area contributed by atoms with E-state index in [1.54, 1.807) is 0 Å². The van der Waals surface area contributed by atoms with Gasteiger partial charge in [-0.05, 0) is 12.8 Å². The van der Waals surface area contributed by atoms with Crippen molar-refractivity contribution < 1.29 is 24.2 Å². The van der Waals surface area contributed by atoms with Gasteiger partial charge in [-0.25, -0.2) is 9.59 Å². The third kappa shape index (κ3) is 3.61. The summed E-state index contributed by atoms with van der Waals surface area (Å²) in [4.78, 5) is 35.2. The maximum absolute atomic E-state index is 12.0. The zero-order valence-electron chi connectivity index (χ0n) is 10.6. The Balaban J connectivity index is 2.72. The average Bonchev–Trinajstić information content (AvgIpc) is 2.80. The summed E-state index contributed by atoms with van der Waals surface area (Å²) < 4.78 is 4.34. The lowest BCUT2D eigenvalue weighted by Gasteiger charge is -2.27. The average molecular weight is 268 g/mol. The van der Waals surface area contributed by atoms with Gasteiger partial charge in [0.2, 0.25) is 5.91 Å². The van der Waals surface area contributed by atoms with Crippen LogP contribution in [0.25, 0.3) is 0 Å². The van der Waals surface area contributed by atoms with Crippen LogP contribution >= 0.6 is 0 Å². The van der Waals surface area contributed by atoms with Crippen LogP contribution in [0, 0.1) is 12.3 Å². The molecule has 0 saturated carbocycles. The zero-order valence-corrected chi connectivity index (χ0v) is 10.6. The van der Waals surface area contributed by atoms with Gasteiger partial charge in [0, 0.05) is 12.5 Å². The van der Waals surface area contributed by atoms with E-state index >= 15 is 0 Å². The minimum absolute atomic E-state index is 0.293. The molecule has 2 atom stereocenters. The first-order valence-corrected chi connectivity index (χ1v) is 5.80. The van der Waals surface area contributed by atoms with E-state index in [0.717, 1.165) is 0 Å². The van der Waals surface area contributed by atoms with Crippen molar-refractivity contribution in [3.63, 3.8) is 0 Å². The first-order valence-electron chi connectivity index (χ1n) is 5.80. The second-order valence-corrected chi connectivity index (χ2v) is 4.14. The van der Waals surface area contributed by atoms with Gasteiger partial charge in [-0.3, -0.25) is 4.79 Å². The maximum atomic E-state index is 12.0. The number of carboxylic acids is 1. The molecule has 1 aliphatic rings. The summed E-state index contributed by atoms with van der Waals surface area (Å²) in [6, 6.07) is -1.18. The first-order chi connectivity index (χ1) is 9.01. The van der Waals surface area contributed by atoms with E-state index in [-0.39, 0.29) is 12.6 Å². The molecule has 1 fully saturated rings. The van der Waals surface area contributed by atoms with E-state index in [1.807, 2.05) is 0 Å². The Morgan fingerprint density at radius 3 is 2.68 bits per heavy atom. The second kappa shape index (κ2) is 6.64. The monoisotopic (exact) mass is 268 g/mol. The van der Waals surface area contributed by atoms with E-state index in [2.05, 4.69) is 16.0 Å². The standard InChI is InChI=1S/C12H16N2O5/c1-3-4-8-5-6-9(11(16)17)14(8)10(15)7-13-12(18)19-2/h1,8-9H,4-7H2,2H3,(H,13,18)(H,16,17)/t8-,9-/m0/s1. The molecule has 0 spiro atoms. The summed E-state index contributed by atoms with van der Waals surface area (Å²) in [6.45, 7) is -0.308. The van der Waals surface area contributed by atoms with Crippen LogP contribution in [-0.4, -0.2) is 53.7 Å². The van der Waals surface area contributed by atoms with Crippen LogP contribution in [0.5, 0.6) is 0 Å². The molecule has 0 bridgehead atoms. The van der Waals surface area contributed by atoms with E-state index in [4.69, 9.17) is 11.5 Å². The lowest BCUT2D eigenvalue weighted by atomic mass is 10.1. The van der Waals surface area contributed by atoms with Gasteiger partial charge in [-0.1, -0.05) is 0 Å². The van der Waals surface area contributed by atoms with Crippen LogP contribution in [-0.2, 0) is 14.3 Å². The molecule has 0 unspecified atom stereocenters. The number of ether oxygens (including phenoxy) is 1. The van der Waals surface area contributed by atoms with Crippen LogP contribution < -0.4 is 5.32 Å². The Hall–Kier alpha value is -2.23. The van der Waals surface area contributed by atoms with Crippen LogP contribution in [0.3, 0.4) is 0 Å². The molecule has 104 valence electrons. The van der Waals surface area contributed by atoms with Crippen molar-refractivity contribution in [3.8, 4) is 12.3 Å². The molecule has 0 aromatic heterocycles. The summed E-state index contributed by atoms with van der Waals surface area (Å²) in [5.74, 6) is 0.891. The summed E-state index contributed by atoms with van der Waals surface area (Å²) in [5, 5.41) is 11.3. The summed E-state index contributed by atoms with van der Waals surface area (Å²) in [7, 11) is 1.18. The Labute approximate surface area is 110 Å². The largest absolute Gasteiger partial charge is 0.480 e.